The average molecular weight is 437 g/mol. The maximum atomic E-state index is 12.3. The lowest BCUT2D eigenvalue weighted by molar-refractivity contribution is -0.192. The van der Waals surface area contributed by atoms with Gasteiger partial charge in [-0.2, -0.15) is 18.3 Å². The van der Waals surface area contributed by atoms with Crippen LogP contribution in [-0.4, -0.2) is 57.5 Å². The Morgan fingerprint density at radius 2 is 1.97 bits per heavy atom. The van der Waals surface area contributed by atoms with Gasteiger partial charge in [0.2, 0.25) is 5.88 Å². The number of benzene rings is 1. The number of nitrogens with one attached hydrogen (secondary N) is 3. The molecule has 31 heavy (non-hydrogen) atoms. The maximum Gasteiger partial charge on any atom is 0.490 e. The highest BCUT2D eigenvalue weighted by molar-refractivity contribution is 6.04. The fourth-order valence-electron chi connectivity index (χ4n) is 2.71. The number of carbonyl (C=O) groups is 2. The number of H-pyrrole nitrogens is 1. The summed E-state index contributed by atoms with van der Waals surface area (Å²) < 4.78 is 37.5. The molecule has 1 saturated heterocycles. The lowest BCUT2D eigenvalue weighted by atomic mass is 10.2. The van der Waals surface area contributed by atoms with Gasteiger partial charge in [0.1, 0.15) is 6.10 Å². The number of carboxylic acids is 1. The number of aromatic nitrogens is 3. The molecule has 1 aromatic carbocycles. The molecular weight excluding hydrogens is 419 g/mol. The van der Waals surface area contributed by atoms with Gasteiger partial charge in [-0.25, -0.2) is 9.78 Å². The van der Waals surface area contributed by atoms with Crippen molar-refractivity contribution in [3.05, 3.63) is 48.3 Å². The number of anilines is 1. The quantitative estimate of drug-likeness (QED) is 0.494. The molecule has 1 fully saturated rings. The van der Waals surface area contributed by atoms with Gasteiger partial charge in [0.15, 0.2) is 0 Å². The highest BCUT2D eigenvalue weighted by atomic mass is 19.4. The third kappa shape index (κ3) is 6.15. The van der Waals surface area contributed by atoms with E-state index in [2.05, 4.69) is 25.8 Å². The molecule has 0 aliphatic carbocycles. The van der Waals surface area contributed by atoms with Crippen LogP contribution in [0.15, 0.2) is 42.7 Å². The Balaban J connectivity index is 0.000000339. The van der Waals surface area contributed by atoms with Crippen LogP contribution in [-0.2, 0) is 4.79 Å². The molecule has 2 aromatic heterocycles. The van der Waals surface area contributed by atoms with E-state index in [1.165, 1.54) is 6.20 Å². The van der Waals surface area contributed by atoms with E-state index in [0.29, 0.717) is 17.1 Å². The molecule has 1 aliphatic heterocycles. The van der Waals surface area contributed by atoms with Crippen LogP contribution in [0, 0.1) is 0 Å². The third-order valence-corrected chi connectivity index (χ3v) is 4.24. The van der Waals surface area contributed by atoms with Gasteiger partial charge >= 0.3 is 12.1 Å². The van der Waals surface area contributed by atoms with E-state index < -0.39 is 12.1 Å². The molecule has 4 N–H and O–H groups in total. The number of halogens is 3. The van der Waals surface area contributed by atoms with Gasteiger partial charge in [-0.1, -0.05) is 0 Å². The van der Waals surface area contributed by atoms with Crippen LogP contribution in [0.4, 0.5) is 18.9 Å². The van der Waals surface area contributed by atoms with E-state index in [1.807, 2.05) is 18.2 Å². The van der Waals surface area contributed by atoms with E-state index in [9.17, 15) is 18.0 Å². The van der Waals surface area contributed by atoms with Gasteiger partial charge in [-0.3, -0.25) is 9.89 Å². The smallest absolute Gasteiger partial charge is 0.475 e. The summed E-state index contributed by atoms with van der Waals surface area (Å²) in [7, 11) is 0. The predicted molar refractivity (Wildman–Crippen MR) is 104 cm³/mol. The summed E-state index contributed by atoms with van der Waals surface area (Å²) in [6.07, 6.45) is -0.709. The first-order valence-electron chi connectivity index (χ1n) is 9.10. The highest BCUT2D eigenvalue weighted by Crippen LogP contribution is 2.18. The van der Waals surface area contributed by atoms with Crippen LogP contribution in [0.3, 0.4) is 0 Å². The van der Waals surface area contributed by atoms with Crippen molar-refractivity contribution in [2.45, 2.75) is 18.7 Å². The van der Waals surface area contributed by atoms with Crippen LogP contribution in [0.5, 0.6) is 5.88 Å². The van der Waals surface area contributed by atoms with Crippen LogP contribution in [0.1, 0.15) is 16.8 Å². The topological polar surface area (TPSA) is 129 Å². The Morgan fingerprint density at radius 3 is 2.58 bits per heavy atom. The van der Waals surface area contributed by atoms with Crippen molar-refractivity contribution in [2.75, 3.05) is 18.4 Å². The number of nitrogens with zero attached hydrogens (tertiary/aromatic N) is 2. The van der Waals surface area contributed by atoms with Crippen LogP contribution >= 0.6 is 0 Å². The molecule has 3 aromatic rings. The average Bonchev–Trinajstić information content (AvgIpc) is 3.39. The second-order valence-electron chi connectivity index (χ2n) is 6.55. The number of hydrogen-bond acceptors (Lipinski definition) is 6. The number of ether oxygens (including phenoxy) is 1. The fraction of sp³-hybridized carbons (Fsp3) is 0.263. The van der Waals surface area contributed by atoms with E-state index in [1.54, 1.807) is 18.3 Å². The van der Waals surface area contributed by atoms with E-state index >= 15 is 0 Å². The number of carbonyl (C=O) groups excluding carboxylic acids is 1. The number of alkyl halides is 3. The van der Waals surface area contributed by atoms with Crippen molar-refractivity contribution in [1.82, 2.24) is 20.5 Å². The van der Waals surface area contributed by atoms with Crippen molar-refractivity contribution in [2.24, 2.45) is 0 Å². The summed E-state index contributed by atoms with van der Waals surface area (Å²) in [4.78, 5) is 25.4. The van der Waals surface area contributed by atoms with Crippen molar-refractivity contribution in [3.63, 3.8) is 0 Å². The first-order chi connectivity index (χ1) is 14.7. The third-order valence-electron chi connectivity index (χ3n) is 4.24. The maximum absolute atomic E-state index is 12.3. The standard InChI is InChI=1S/C17H17N5O2.C2HF3O2/c23-17(21-13-2-3-15-12(7-13)9-20-22-15)11-1-4-16(19-8-11)24-14-5-6-18-10-14;3-2(4,5)1(6)7/h1-4,7-9,14,18H,5-6,10H2,(H,20,22)(H,21,23);(H,6,7)/t14-;/m1./s1. The van der Waals surface area contributed by atoms with Crippen molar-refractivity contribution >= 4 is 28.5 Å². The first kappa shape index (κ1) is 22.0. The molecule has 0 spiro atoms. The normalized spacial score (nSPS) is 15.8. The molecule has 12 heteroatoms. The van der Waals surface area contributed by atoms with Crippen LogP contribution in [0.25, 0.3) is 10.9 Å². The SMILES string of the molecule is O=C(Nc1ccc2[nH]ncc2c1)c1ccc(O[C@@H]2CCNC2)nc1.O=C(O)C(F)(F)F. The minimum atomic E-state index is -5.08. The van der Waals surface area contributed by atoms with E-state index in [4.69, 9.17) is 14.6 Å². The van der Waals surface area contributed by atoms with Crippen molar-refractivity contribution < 1.29 is 32.6 Å². The molecule has 3 heterocycles. The molecule has 0 unspecified atom stereocenters. The van der Waals surface area contributed by atoms with Gasteiger partial charge in [0.25, 0.3) is 5.91 Å². The number of fused-ring (bicyclic) bond motifs is 1. The Labute approximate surface area is 173 Å². The van der Waals surface area contributed by atoms with Crippen LogP contribution in [0.2, 0.25) is 0 Å². The number of rotatable bonds is 4. The molecule has 1 aliphatic rings. The Bertz CT molecular complexity index is 1050. The number of pyridine rings is 1. The number of hydrogen-bond donors (Lipinski definition) is 4. The molecule has 164 valence electrons. The number of aliphatic carboxylic acids is 1. The van der Waals surface area contributed by atoms with Gasteiger partial charge < -0.3 is 20.5 Å². The van der Waals surface area contributed by atoms with Gasteiger partial charge in [-0.15, -0.1) is 0 Å². The Morgan fingerprint density at radius 1 is 1.19 bits per heavy atom. The molecule has 0 bridgehead atoms. The summed E-state index contributed by atoms with van der Waals surface area (Å²) in [5.74, 6) is -2.42. The second-order valence-corrected chi connectivity index (χ2v) is 6.55. The van der Waals surface area contributed by atoms with Crippen LogP contribution < -0.4 is 15.4 Å². The summed E-state index contributed by atoms with van der Waals surface area (Å²) in [5.41, 5.74) is 2.13. The summed E-state index contributed by atoms with van der Waals surface area (Å²) in [6, 6.07) is 9.02. The number of carboxylic acid groups (broad SMARTS) is 1. The predicted octanol–water partition coefficient (Wildman–Crippen LogP) is 2.58. The monoisotopic (exact) mass is 437 g/mol. The summed E-state index contributed by atoms with van der Waals surface area (Å²) in [5, 5.41) is 21.0. The number of aromatic amines is 1. The van der Waals surface area contributed by atoms with E-state index in [-0.39, 0.29) is 12.0 Å². The number of amides is 1. The Hall–Kier alpha value is -3.67. The zero-order valence-electron chi connectivity index (χ0n) is 15.9. The lowest BCUT2D eigenvalue weighted by Gasteiger charge is -2.11. The molecular formula is C19H18F3N5O4. The largest absolute Gasteiger partial charge is 0.490 e. The molecule has 4 rings (SSSR count). The molecule has 1 amide bonds. The zero-order chi connectivity index (χ0) is 22.4. The van der Waals surface area contributed by atoms with Crippen molar-refractivity contribution in [3.8, 4) is 5.88 Å². The minimum Gasteiger partial charge on any atom is -0.475 e. The lowest BCUT2D eigenvalue weighted by Crippen LogP contribution is -2.21. The molecule has 1 atom stereocenters. The Kier molecular flexibility index (Phi) is 6.70. The van der Waals surface area contributed by atoms with Gasteiger partial charge in [0.05, 0.1) is 17.3 Å². The second kappa shape index (κ2) is 9.43. The molecule has 0 saturated carbocycles. The molecule has 0 radical (unpaired) electrons. The molecule has 9 nitrogen and oxygen atoms in total. The minimum absolute atomic E-state index is 0.152. The zero-order valence-corrected chi connectivity index (χ0v) is 15.9. The first-order valence-corrected chi connectivity index (χ1v) is 9.10. The van der Waals surface area contributed by atoms with Crippen molar-refractivity contribution in [1.29, 1.82) is 0 Å². The fourth-order valence-corrected chi connectivity index (χ4v) is 2.71. The van der Waals surface area contributed by atoms with E-state index in [0.717, 1.165) is 30.4 Å². The summed E-state index contributed by atoms with van der Waals surface area (Å²) >= 11 is 0. The van der Waals surface area contributed by atoms with Gasteiger partial charge in [-0.05, 0) is 37.2 Å². The highest BCUT2D eigenvalue weighted by Gasteiger charge is 2.38. The summed E-state index contributed by atoms with van der Waals surface area (Å²) in [6.45, 7) is 1.80. The van der Waals surface area contributed by atoms with Gasteiger partial charge in [0, 0.05) is 29.9 Å².